The van der Waals surface area contributed by atoms with Crippen molar-refractivity contribution in [1.29, 1.82) is 0 Å². The monoisotopic (exact) mass is 621 g/mol. The Balaban J connectivity index is 1.40. The molecule has 0 unspecified atom stereocenters. The summed E-state index contributed by atoms with van der Waals surface area (Å²) in [6.07, 6.45) is 1.71. The third-order valence-corrected chi connectivity index (χ3v) is 10.3. The number of nitrogens with zero attached hydrogens (tertiary/aromatic N) is 2. The molecule has 0 aromatic heterocycles. The summed E-state index contributed by atoms with van der Waals surface area (Å²) in [7, 11) is -7.67. The predicted molar refractivity (Wildman–Crippen MR) is 157 cm³/mol. The van der Waals surface area contributed by atoms with Crippen LogP contribution in [0.5, 0.6) is 11.5 Å². The van der Waals surface area contributed by atoms with Gasteiger partial charge in [0, 0.05) is 18.1 Å². The molecular formula is C28H32ClN3O7S2. The number of carbonyl (C=O) groups excluding carboxylic acids is 1. The zero-order valence-corrected chi connectivity index (χ0v) is 24.9. The minimum absolute atomic E-state index is 0.0282. The van der Waals surface area contributed by atoms with Crippen LogP contribution in [0.15, 0.2) is 82.6 Å². The van der Waals surface area contributed by atoms with Gasteiger partial charge in [-0.15, -0.1) is 0 Å². The molecule has 1 heterocycles. The Morgan fingerprint density at radius 1 is 0.902 bits per heavy atom. The summed E-state index contributed by atoms with van der Waals surface area (Å²) in [6, 6.07) is 18.4. The van der Waals surface area contributed by atoms with E-state index in [1.807, 2.05) is 0 Å². The number of carbonyl (C=O) groups is 1. The third kappa shape index (κ3) is 7.50. The predicted octanol–water partition coefficient (Wildman–Crippen LogP) is 3.91. The summed E-state index contributed by atoms with van der Waals surface area (Å²) in [5.74, 6) is 0.209. The van der Waals surface area contributed by atoms with Gasteiger partial charge in [-0.2, -0.15) is 4.31 Å². The molecule has 1 fully saturated rings. The van der Waals surface area contributed by atoms with E-state index in [1.165, 1.54) is 40.7 Å². The minimum Gasteiger partial charge on any atom is -0.492 e. The number of hydrogen-bond donors (Lipinski definition) is 1. The topological polar surface area (TPSA) is 122 Å². The summed E-state index contributed by atoms with van der Waals surface area (Å²) in [4.78, 5) is 13.1. The lowest BCUT2D eigenvalue weighted by atomic mass is 10.3. The van der Waals surface area contributed by atoms with Gasteiger partial charge in [0.1, 0.15) is 24.7 Å². The highest BCUT2D eigenvalue weighted by atomic mass is 35.5. The van der Waals surface area contributed by atoms with Crippen LogP contribution in [-0.2, 0) is 24.8 Å². The average Bonchev–Trinajstić information content (AvgIpc) is 3.52. The van der Waals surface area contributed by atoms with E-state index in [4.69, 9.17) is 21.1 Å². The smallest absolute Gasteiger partial charge is 0.264 e. The van der Waals surface area contributed by atoms with Gasteiger partial charge in [0.15, 0.2) is 0 Å². The van der Waals surface area contributed by atoms with Crippen LogP contribution < -0.4 is 19.1 Å². The molecule has 13 heteroatoms. The summed E-state index contributed by atoms with van der Waals surface area (Å²) in [5.41, 5.74) is 0.222. The first-order chi connectivity index (χ1) is 19.6. The highest BCUT2D eigenvalue weighted by molar-refractivity contribution is 7.93. The van der Waals surface area contributed by atoms with Crippen LogP contribution in [0.25, 0.3) is 0 Å². The van der Waals surface area contributed by atoms with Gasteiger partial charge in [0.25, 0.3) is 10.0 Å². The first-order valence-electron chi connectivity index (χ1n) is 13.1. The number of nitrogens with one attached hydrogen (secondary N) is 1. The number of benzene rings is 3. The van der Waals surface area contributed by atoms with Crippen molar-refractivity contribution >= 4 is 43.2 Å². The van der Waals surface area contributed by atoms with Crippen molar-refractivity contribution in [1.82, 2.24) is 9.62 Å². The van der Waals surface area contributed by atoms with Crippen LogP contribution in [0, 0.1) is 0 Å². The number of para-hydroxylation sites is 2. The van der Waals surface area contributed by atoms with Gasteiger partial charge in [-0.05, 0) is 80.4 Å². The van der Waals surface area contributed by atoms with Crippen LogP contribution in [0.4, 0.5) is 5.69 Å². The quantitative estimate of drug-likeness (QED) is 0.287. The summed E-state index contributed by atoms with van der Waals surface area (Å²) < 4.78 is 66.3. The largest absolute Gasteiger partial charge is 0.492 e. The van der Waals surface area contributed by atoms with Crippen molar-refractivity contribution in [2.45, 2.75) is 29.6 Å². The van der Waals surface area contributed by atoms with Crippen LogP contribution in [0.3, 0.4) is 0 Å². The van der Waals surface area contributed by atoms with E-state index in [9.17, 15) is 21.6 Å². The first-order valence-corrected chi connectivity index (χ1v) is 16.4. The maximum Gasteiger partial charge on any atom is 0.264 e. The van der Waals surface area contributed by atoms with Crippen molar-refractivity contribution in [3.8, 4) is 11.5 Å². The van der Waals surface area contributed by atoms with Crippen LogP contribution in [0.1, 0.15) is 19.8 Å². The number of rotatable bonds is 13. The lowest BCUT2D eigenvalue weighted by Gasteiger charge is -2.26. The molecule has 0 saturated carbocycles. The van der Waals surface area contributed by atoms with Gasteiger partial charge in [-0.1, -0.05) is 23.7 Å². The molecule has 0 radical (unpaired) electrons. The average molecular weight is 622 g/mol. The molecule has 41 heavy (non-hydrogen) atoms. The SMILES string of the molecule is CCOc1ccccc1N(CC(=O)NCCOc1ccc(S(=O)(=O)N2CCCC2)cc1)S(=O)(=O)c1ccc(Cl)cc1. The number of hydrogen-bond acceptors (Lipinski definition) is 7. The molecular weight excluding hydrogens is 590 g/mol. The fourth-order valence-corrected chi connectivity index (χ4v) is 7.38. The maximum atomic E-state index is 13.6. The lowest BCUT2D eigenvalue weighted by Crippen LogP contribution is -2.42. The summed E-state index contributed by atoms with van der Waals surface area (Å²) >= 11 is 5.95. The Morgan fingerprint density at radius 2 is 1.54 bits per heavy atom. The number of anilines is 1. The van der Waals surface area contributed by atoms with Crippen molar-refractivity contribution in [3.05, 3.63) is 77.8 Å². The standard InChI is InChI=1S/C28H32ClN3O7S2/c1-2-38-27-8-4-3-7-26(27)32(41(36,37)25-13-9-22(29)10-14-25)21-28(33)30-17-20-39-23-11-15-24(16-12-23)40(34,35)31-18-5-6-19-31/h3-4,7-16H,2,5-6,17-21H2,1H3,(H,30,33). The van der Waals surface area contributed by atoms with Crippen LogP contribution >= 0.6 is 11.6 Å². The van der Waals surface area contributed by atoms with Crippen LogP contribution in [0.2, 0.25) is 5.02 Å². The Hall–Kier alpha value is -3.32. The Morgan fingerprint density at radius 3 is 2.20 bits per heavy atom. The van der Waals surface area contributed by atoms with Gasteiger partial charge < -0.3 is 14.8 Å². The molecule has 0 spiro atoms. The van der Waals surface area contributed by atoms with E-state index in [1.54, 1.807) is 43.3 Å². The molecule has 220 valence electrons. The number of ether oxygens (including phenoxy) is 2. The fourth-order valence-electron chi connectivity index (χ4n) is 4.31. The van der Waals surface area contributed by atoms with Gasteiger partial charge in [-0.3, -0.25) is 9.10 Å². The zero-order valence-electron chi connectivity index (χ0n) is 22.5. The van der Waals surface area contributed by atoms with Crippen molar-refractivity contribution < 1.29 is 31.1 Å². The maximum absolute atomic E-state index is 13.6. The van der Waals surface area contributed by atoms with Crippen molar-refractivity contribution in [3.63, 3.8) is 0 Å². The number of sulfonamides is 2. The zero-order chi connectivity index (χ0) is 29.5. The highest BCUT2D eigenvalue weighted by Crippen LogP contribution is 2.32. The Labute approximate surface area is 245 Å². The van der Waals surface area contributed by atoms with Gasteiger partial charge in [-0.25, -0.2) is 16.8 Å². The fraction of sp³-hybridized carbons (Fsp3) is 0.321. The second-order valence-electron chi connectivity index (χ2n) is 9.15. The highest BCUT2D eigenvalue weighted by Gasteiger charge is 2.30. The molecule has 1 aliphatic heterocycles. The van der Waals surface area contributed by atoms with Gasteiger partial charge in [0.05, 0.1) is 28.6 Å². The Bertz CT molecular complexity index is 1540. The first kappa shape index (κ1) is 30.6. The van der Waals surface area contributed by atoms with E-state index in [0.29, 0.717) is 36.2 Å². The molecule has 3 aromatic carbocycles. The van der Waals surface area contributed by atoms with Gasteiger partial charge >= 0.3 is 0 Å². The van der Waals surface area contributed by atoms with Crippen molar-refractivity contribution in [2.24, 2.45) is 0 Å². The van der Waals surface area contributed by atoms with Crippen LogP contribution in [-0.4, -0.2) is 66.4 Å². The summed E-state index contributed by atoms with van der Waals surface area (Å²) in [6.45, 7) is 2.81. The number of halogens is 1. The Kier molecular flexibility index (Phi) is 10.1. The molecule has 10 nitrogen and oxygen atoms in total. The van der Waals surface area contributed by atoms with Gasteiger partial charge in [0.2, 0.25) is 15.9 Å². The molecule has 1 amide bonds. The molecule has 4 rings (SSSR count). The second-order valence-corrected chi connectivity index (χ2v) is 13.4. The van der Waals surface area contributed by atoms with E-state index in [0.717, 1.165) is 17.1 Å². The van der Waals surface area contributed by atoms with E-state index in [-0.39, 0.29) is 28.6 Å². The molecule has 1 saturated heterocycles. The minimum atomic E-state index is -4.15. The second kappa shape index (κ2) is 13.6. The number of amides is 1. The van der Waals surface area contributed by atoms with E-state index < -0.39 is 32.5 Å². The lowest BCUT2D eigenvalue weighted by molar-refractivity contribution is -0.119. The molecule has 0 bridgehead atoms. The molecule has 3 aromatic rings. The van der Waals surface area contributed by atoms with E-state index >= 15 is 0 Å². The molecule has 0 aliphatic carbocycles. The van der Waals surface area contributed by atoms with E-state index in [2.05, 4.69) is 5.32 Å². The third-order valence-electron chi connectivity index (χ3n) is 6.34. The normalized spacial score (nSPS) is 14.0. The summed E-state index contributed by atoms with van der Waals surface area (Å²) in [5, 5.41) is 3.06. The molecule has 1 aliphatic rings. The molecule has 1 N–H and O–H groups in total. The molecule has 0 atom stereocenters. The van der Waals surface area contributed by atoms with Crippen molar-refractivity contribution in [2.75, 3.05) is 43.7 Å².